The van der Waals surface area contributed by atoms with Crippen LogP contribution in [0, 0.1) is 12.8 Å². The first-order valence-electron chi connectivity index (χ1n) is 5.89. The lowest BCUT2D eigenvalue weighted by atomic mass is 10.1. The molecule has 2 atom stereocenters. The van der Waals surface area contributed by atoms with Gasteiger partial charge in [0.2, 0.25) is 10.0 Å². The van der Waals surface area contributed by atoms with Gasteiger partial charge in [0.05, 0.1) is 4.90 Å². The molecule has 0 fully saturated rings. The second-order valence-corrected chi connectivity index (χ2v) is 6.32. The summed E-state index contributed by atoms with van der Waals surface area (Å²) in [4.78, 5) is 0.272. The summed E-state index contributed by atoms with van der Waals surface area (Å²) in [6.07, 6.45) is 4.26. The highest BCUT2D eigenvalue weighted by molar-refractivity contribution is 7.89. The van der Waals surface area contributed by atoms with Gasteiger partial charge in [-0.05, 0) is 25.5 Å². The molecule has 1 aromatic rings. The van der Waals surface area contributed by atoms with E-state index in [1.54, 1.807) is 30.3 Å². The van der Waals surface area contributed by atoms with E-state index < -0.39 is 10.0 Å². The van der Waals surface area contributed by atoms with Gasteiger partial charge in [0.25, 0.3) is 0 Å². The van der Waals surface area contributed by atoms with E-state index in [1.165, 1.54) is 0 Å². The maximum absolute atomic E-state index is 12.1. The lowest BCUT2D eigenvalue weighted by Crippen LogP contribution is -2.32. The van der Waals surface area contributed by atoms with Crippen molar-refractivity contribution in [1.82, 2.24) is 4.72 Å². The standard InChI is InChI=1S/C13H17NO3S/c1-10-2-6-13(7-3-10)18(16,17)14-12-5-4-11(8-12)9-15/h2-7,11-12,14-15H,8-9H2,1H3/t11-,12+/m0/s1. The van der Waals surface area contributed by atoms with Crippen LogP contribution in [0.2, 0.25) is 0 Å². The molecule has 0 radical (unpaired) electrons. The van der Waals surface area contributed by atoms with Crippen molar-refractivity contribution in [2.45, 2.75) is 24.3 Å². The van der Waals surface area contributed by atoms with Gasteiger partial charge >= 0.3 is 0 Å². The molecule has 2 N–H and O–H groups in total. The highest BCUT2D eigenvalue weighted by atomic mass is 32.2. The van der Waals surface area contributed by atoms with E-state index >= 15 is 0 Å². The van der Waals surface area contributed by atoms with Crippen LogP contribution in [0.5, 0.6) is 0 Å². The summed E-state index contributed by atoms with van der Waals surface area (Å²) in [5.74, 6) is 0.0516. The highest BCUT2D eigenvalue weighted by Crippen LogP contribution is 2.19. The molecule has 98 valence electrons. The van der Waals surface area contributed by atoms with Gasteiger partial charge in [-0.1, -0.05) is 29.8 Å². The number of aliphatic hydroxyl groups is 1. The third-order valence-electron chi connectivity index (χ3n) is 3.04. The summed E-state index contributed by atoms with van der Waals surface area (Å²) >= 11 is 0. The zero-order chi connectivity index (χ0) is 13.2. The number of nitrogens with one attached hydrogen (secondary N) is 1. The Morgan fingerprint density at radius 2 is 1.94 bits per heavy atom. The molecule has 0 bridgehead atoms. The van der Waals surface area contributed by atoms with E-state index in [2.05, 4.69) is 4.72 Å². The Labute approximate surface area is 107 Å². The molecular formula is C13H17NO3S. The zero-order valence-electron chi connectivity index (χ0n) is 10.2. The fraction of sp³-hybridized carbons (Fsp3) is 0.385. The third kappa shape index (κ3) is 2.98. The minimum atomic E-state index is -3.47. The Hall–Kier alpha value is -1.17. The van der Waals surface area contributed by atoms with E-state index in [4.69, 9.17) is 5.11 Å². The fourth-order valence-corrected chi connectivity index (χ4v) is 3.19. The molecule has 0 spiro atoms. The van der Waals surface area contributed by atoms with Crippen LogP contribution < -0.4 is 4.72 Å². The van der Waals surface area contributed by atoms with Gasteiger partial charge in [-0.3, -0.25) is 0 Å². The van der Waals surface area contributed by atoms with Gasteiger partial charge < -0.3 is 5.11 Å². The number of aryl methyl sites for hydroxylation is 1. The van der Waals surface area contributed by atoms with Crippen molar-refractivity contribution in [2.75, 3.05) is 6.61 Å². The topological polar surface area (TPSA) is 66.4 Å². The number of hydrogen-bond donors (Lipinski definition) is 2. The minimum Gasteiger partial charge on any atom is -0.396 e. The first-order chi connectivity index (χ1) is 8.51. The largest absolute Gasteiger partial charge is 0.396 e. The SMILES string of the molecule is Cc1ccc(S(=O)(=O)N[C@@H]2C=C[C@H](CO)C2)cc1. The van der Waals surface area contributed by atoms with Crippen LogP contribution in [-0.4, -0.2) is 26.2 Å². The van der Waals surface area contributed by atoms with Gasteiger partial charge in [0.15, 0.2) is 0 Å². The van der Waals surface area contributed by atoms with Crippen LogP contribution in [0.4, 0.5) is 0 Å². The fourth-order valence-electron chi connectivity index (χ4n) is 1.98. The quantitative estimate of drug-likeness (QED) is 0.806. The van der Waals surface area contributed by atoms with Crippen LogP contribution in [-0.2, 0) is 10.0 Å². The Morgan fingerprint density at radius 1 is 1.28 bits per heavy atom. The number of benzene rings is 1. The molecule has 0 unspecified atom stereocenters. The van der Waals surface area contributed by atoms with Crippen molar-refractivity contribution in [3.05, 3.63) is 42.0 Å². The maximum atomic E-state index is 12.1. The van der Waals surface area contributed by atoms with Gasteiger partial charge in [-0.15, -0.1) is 0 Å². The first-order valence-corrected chi connectivity index (χ1v) is 7.38. The minimum absolute atomic E-state index is 0.0516. The summed E-state index contributed by atoms with van der Waals surface area (Å²) in [6, 6.07) is 6.51. The van der Waals surface area contributed by atoms with Crippen molar-refractivity contribution in [3.8, 4) is 0 Å². The number of rotatable bonds is 4. The molecule has 1 aliphatic rings. The highest BCUT2D eigenvalue weighted by Gasteiger charge is 2.23. The molecular weight excluding hydrogens is 250 g/mol. The predicted molar refractivity (Wildman–Crippen MR) is 69.6 cm³/mol. The Kier molecular flexibility index (Phi) is 3.85. The predicted octanol–water partition coefficient (Wildman–Crippen LogP) is 1.21. The Morgan fingerprint density at radius 3 is 2.50 bits per heavy atom. The van der Waals surface area contributed by atoms with Crippen molar-refractivity contribution in [3.63, 3.8) is 0 Å². The molecule has 1 aliphatic carbocycles. The molecule has 0 heterocycles. The molecule has 0 saturated carbocycles. The van der Waals surface area contributed by atoms with Gasteiger partial charge in [-0.2, -0.15) is 0 Å². The number of sulfonamides is 1. The molecule has 4 nitrogen and oxygen atoms in total. The van der Waals surface area contributed by atoms with E-state index in [1.807, 2.05) is 13.0 Å². The van der Waals surface area contributed by atoms with E-state index in [0.717, 1.165) is 5.56 Å². The smallest absolute Gasteiger partial charge is 0.241 e. The Balaban J connectivity index is 2.09. The zero-order valence-corrected chi connectivity index (χ0v) is 11.0. The molecule has 0 amide bonds. The summed E-state index contributed by atoms with van der Waals surface area (Å²) < 4.78 is 26.8. The molecule has 2 rings (SSSR count). The van der Waals surface area contributed by atoms with Crippen LogP contribution in [0.1, 0.15) is 12.0 Å². The second-order valence-electron chi connectivity index (χ2n) is 4.60. The summed E-state index contributed by atoms with van der Waals surface area (Å²) in [5.41, 5.74) is 1.02. The van der Waals surface area contributed by atoms with Gasteiger partial charge in [-0.25, -0.2) is 13.1 Å². The third-order valence-corrected chi connectivity index (χ3v) is 4.55. The molecule has 5 heteroatoms. The van der Waals surface area contributed by atoms with Crippen LogP contribution in [0.25, 0.3) is 0 Å². The van der Waals surface area contributed by atoms with Crippen LogP contribution in [0.15, 0.2) is 41.3 Å². The molecule has 0 aromatic heterocycles. The normalized spacial score (nSPS) is 23.4. The van der Waals surface area contributed by atoms with Crippen molar-refractivity contribution in [1.29, 1.82) is 0 Å². The Bertz CT molecular complexity index is 534. The van der Waals surface area contributed by atoms with E-state index in [0.29, 0.717) is 6.42 Å². The summed E-state index contributed by atoms with van der Waals surface area (Å²) in [5, 5.41) is 9.00. The van der Waals surface area contributed by atoms with Crippen LogP contribution >= 0.6 is 0 Å². The lowest BCUT2D eigenvalue weighted by molar-refractivity contribution is 0.248. The van der Waals surface area contributed by atoms with Gasteiger partial charge in [0.1, 0.15) is 0 Å². The monoisotopic (exact) mass is 267 g/mol. The van der Waals surface area contributed by atoms with Gasteiger partial charge in [0, 0.05) is 18.6 Å². The lowest BCUT2D eigenvalue weighted by Gasteiger charge is -2.13. The second kappa shape index (κ2) is 5.22. The summed E-state index contributed by atoms with van der Waals surface area (Å²) in [7, 11) is -3.47. The molecule has 0 aliphatic heterocycles. The van der Waals surface area contributed by atoms with E-state index in [-0.39, 0.29) is 23.5 Å². The summed E-state index contributed by atoms with van der Waals surface area (Å²) in [6.45, 7) is 1.97. The van der Waals surface area contributed by atoms with Crippen molar-refractivity contribution < 1.29 is 13.5 Å². The molecule has 1 aromatic carbocycles. The van der Waals surface area contributed by atoms with Crippen molar-refractivity contribution >= 4 is 10.0 Å². The average Bonchev–Trinajstić information content (AvgIpc) is 2.76. The number of hydrogen-bond acceptors (Lipinski definition) is 3. The maximum Gasteiger partial charge on any atom is 0.241 e. The van der Waals surface area contributed by atoms with E-state index in [9.17, 15) is 8.42 Å². The number of aliphatic hydroxyl groups excluding tert-OH is 1. The van der Waals surface area contributed by atoms with Crippen molar-refractivity contribution in [2.24, 2.45) is 5.92 Å². The van der Waals surface area contributed by atoms with Crippen LogP contribution in [0.3, 0.4) is 0 Å². The average molecular weight is 267 g/mol. The molecule has 0 saturated heterocycles. The first kappa shape index (κ1) is 13.3. The molecule has 18 heavy (non-hydrogen) atoms.